The number of carbonyl (C=O) groups is 2. The van der Waals surface area contributed by atoms with Gasteiger partial charge >= 0.3 is 6.36 Å². The normalized spacial score (nSPS) is 12.4. The number of ether oxygens (including phenoxy) is 4. The Balaban J connectivity index is 0.00000150. The van der Waals surface area contributed by atoms with E-state index < -0.39 is 12.1 Å². The average molecular weight is 736 g/mol. The number of aryl methyl sites for hydroxylation is 1. The van der Waals surface area contributed by atoms with Crippen molar-refractivity contribution in [2.75, 3.05) is 20.3 Å². The second-order valence-corrected chi connectivity index (χ2v) is 14.3. The highest BCUT2D eigenvalue weighted by Gasteiger charge is 2.32. The third kappa shape index (κ3) is 20.5. The van der Waals surface area contributed by atoms with E-state index in [-0.39, 0.29) is 17.0 Å². The fourth-order valence-corrected chi connectivity index (χ4v) is 5.42. The summed E-state index contributed by atoms with van der Waals surface area (Å²) in [6, 6.07) is 7.85. The van der Waals surface area contributed by atoms with E-state index in [0.29, 0.717) is 54.8 Å². The molecule has 1 atom stereocenters. The van der Waals surface area contributed by atoms with Crippen molar-refractivity contribution in [1.29, 1.82) is 0 Å². The number of pyridine rings is 1. The number of aldehydes is 1. The molecule has 0 aliphatic rings. The molecule has 0 radical (unpaired) electrons. The first-order valence-electron chi connectivity index (χ1n) is 19.1. The van der Waals surface area contributed by atoms with Gasteiger partial charge in [-0.05, 0) is 60.8 Å². The molecule has 0 aliphatic carbocycles. The number of aromatic nitrogens is 1. The molecule has 0 bridgehead atoms. The van der Waals surface area contributed by atoms with Crippen molar-refractivity contribution in [3.63, 3.8) is 0 Å². The van der Waals surface area contributed by atoms with E-state index in [4.69, 9.17) is 9.47 Å². The van der Waals surface area contributed by atoms with E-state index in [2.05, 4.69) is 56.0 Å². The smallest absolute Gasteiger partial charge is 0.480 e. The van der Waals surface area contributed by atoms with Crippen LogP contribution in [-0.2, 0) is 20.7 Å². The Hall–Kier alpha value is -3.56. The van der Waals surface area contributed by atoms with Crippen LogP contribution in [0.2, 0.25) is 0 Å². The molecule has 294 valence electrons. The van der Waals surface area contributed by atoms with Crippen LogP contribution in [0.5, 0.6) is 17.5 Å². The van der Waals surface area contributed by atoms with Crippen LogP contribution in [0.25, 0.3) is 11.6 Å². The fraction of sp³-hybridized carbons (Fsp3) is 0.643. The molecule has 0 aliphatic heterocycles. The Morgan fingerprint density at radius 3 is 1.94 bits per heavy atom. The lowest BCUT2D eigenvalue weighted by Gasteiger charge is -2.25. The summed E-state index contributed by atoms with van der Waals surface area (Å²) in [6.07, 6.45) is 12.8. The monoisotopic (exact) mass is 735 g/mol. The van der Waals surface area contributed by atoms with Crippen LogP contribution in [0, 0.1) is 11.3 Å². The van der Waals surface area contributed by atoms with Crippen molar-refractivity contribution in [1.82, 2.24) is 4.98 Å². The molecule has 0 saturated carbocycles. The minimum Gasteiger partial charge on any atom is -0.480 e. The lowest BCUT2D eigenvalue weighted by molar-refractivity contribution is -0.274. The van der Waals surface area contributed by atoms with Gasteiger partial charge in [0.15, 0.2) is 6.29 Å². The third-order valence-corrected chi connectivity index (χ3v) is 9.21. The number of hydrogen-bond donors (Lipinski definition) is 0. The summed E-state index contributed by atoms with van der Waals surface area (Å²) < 4.78 is 59.8. The van der Waals surface area contributed by atoms with Crippen molar-refractivity contribution in [3.8, 4) is 17.5 Å². The van der Waals surface area contributed by atoms with Crippen molar-refractivity contribution in [2.45, 2.75) is 144 Å². The summed E-state index contributed by atoms with van der Waals surface area (Å²) in [5, 5.41) is 0. The number of methoxy groups -OCH3 is 1. The van der Waals surface area contributed by atoms with Gasteiger partial charge < -0.3 is 18.9 Å². The quantitative estimate of drug-likeness (QED) is 0.0570. The highest BCUT2D eigenvalue weighted by molar-refractivity contribution is 6.14. The minimum atomic E-state index is -4.90. The van der Waals surface area contributed by atoms with Gasteiger partial charge in [-0.3, -0.25) is 9.59 Å². The van der Waals surface area contributed by atoms with E-state index in [1.165, 1.54) is 57.4 Å². The van der Waals surface area contributed by atoms with Crippen molar-refractivity contribution in [2.24, 2.45) is 11.3 Å². The minimum absolute atomic E-state index is 0.00215. The number of unbranched alkanes of at least 4 members (excludes halogenated alkanes) is 11. The highest BCUT2D eigenvalue weighted by atomic mass is 19.4. The molecular formula is C42H64F3NO6. The first kappa shape index (κ1) is 46.5. The van der Waals surface area contributed by atoms with E-state index in [0.717, 1.165) is 63.7 Å². The maximum Gasteiger partial charge on any atom is 0.573 e. The lowest BCUT2D eigenvalue weighted by Crippen LogP contribution is -2.18. The van der Waals surface area contributed by atoms with Gasteiger partial charge in [-0.15, -0.1) is 13.2 Å². The van der Waals surface area contributed by atoms with Crippen molar-refractivity contribution < 1.29 is 41.7 Å². The zero-order valence-corrected chi connectivity index (χ0v) is 32.7. The fourth-order valence-electron chi connectivity index (χ4n) is 5.42. The summed E-state index contributed by atoms with van der Waals surface area (Å²) in [5.74, 6) is 0.979. The highest BCUT2D eigenvalue weighted by Crippen LogP contribution is 2.34. The van der Waals surface area contributed by atoms with E-state index >= 15 is 0 Å². The molecule has 1 unspecified atom stereocenters. The van der Waals surface area contributed by atoms with Crippen LogP contribution >= 0.6 is 0 Å². The Bertz CT molecular complexity index is 1310. The topological polar surface area (TPSA) is 84.0 Å². The van der Waals surface area contributed by atoms with Crippen LogP contribution in [0.3, 0.4) is 0 Å². The van der Waals surface area contributed by atoms with Crippen LogP contribution in [0.1, 0.15) is 148 Å². The van der Waals surface area contributed by atoms with Gasteiger partial charge in [0.1, 0.15) is 5.75 Å². The third-order valence-electron chi connectivity index (χ3n) is 9.21. The molecule has 1 heterocycles. The van der Waals surface area contributed by atoms with Crippen LogP contribution in [0.15, 0.2) is 30.3 Å². The molecule has 0 fully saturated rings. The Kier molecular flexibility index (Phi) is 23.4. The molecule has 1 aromatic carbocycles. The van der Waals surface area contributed by atoms with Gasteiger partial charge in [-0.2, -0.15) is 4.98 Å². The van der Waals surface area contributed by atoms with Crippen molar-refractivity contribution >= 4 is 24.4 Å². The molecule has 0 spiro atoms. The average Bonchev–Trinajstić information content (AvgIpc) is 3.10. The summed E-state index contributed by atoms with van der Waals surface area (Å²) in [4.78, 5) is 26.5. The number of benzene rings is 1. The Morgan fingerprint density at radius 1 is 0.827 bits per heavy atom. The summed E-state index contributed by atoms with van der Waals surface area (Å²) >= 11 is 0. The molecule has 7 nitrogen and oxygen atoms in total. The first-order valence-corrected chi connectivity index (χ1v) is 19.1. The zero-order valence-electron chi connectivity index (χ0n) is 32.7. The van der Waals surface area contributed by atoms with E-state index in [1.807, 2.05) is 0 Å². The van der Waals surface area contributed by atoms with Crippen LogP contribution < -0.4 is 14.2 Å². The van der Waals surface area contributed by atoms with Gasteiger partial charge in [0, 0.05) is 22.8 Å². The maximum absolute atomic E-state index is 13.2. The molecule has 0 N–H and O–H groups in total. The van der Waals surface area contributed by atoms with Crippen LogP contribution in [0.4, 0.5) is 13.2 Å². The number of alkyl halides is 3. The number of rotatable bonds is 25. The second-order valence-electron chi connectivity index (χ2n) is 14.3. The van der Waals surface area contributed by atoms with Gasteiger partial charge in [-0.25, -0.2) is 0 Å². The maximum atomic E-state index is 13.2. The molecule has 2 aromatic rings. The van der Waals surface area contributed by atoms with Gasteiger partial charge in [0.25, 0.3) is 6.47 Å². The number of hydrogen-bond acceptors (Lipinski definition) is 7. The number of nitrogens with zero attached hydrogens (tertiary/aromatic N) is 1. The number of carbonyl (C=O) groups excluding carboxylic acids is 2. The van der Waals surface area contributed by atoms with Gasteiger partial charge in [0.2, 0.25) is 11.8 Å². The summed E-state index contributed by atoms with van der Waals surface area (Å²) in [7, 11) is 1.43. The predicted molar refractivity (Wildman–Crippen MR) is 204 cm³/mol. The molecule has 1 aromatic heterocycles. The molecular weight excluding hydrogens is 671 g/mol. The lowest BCUT2D eigenvalue weighted by atomic mass is 9.81. The van der Waals surface area contributed by atoms with Crippen molar-refractivity contribution in [3.05, 3.63) is 47.0 Å². The largest absolute Gasteiger partial charge is 0.573 e. The molecule has 2 rings (SSSR count). The predicted octanol–water partition coefficient (Wildman–Crippen LogP) is 12.0. The standard InChI is InChI=1S/C34H46F3NO6.C8H18/c1-3-4-13-16-27-17-19-30(31(23-27)44-34(35,36)37)29(25-39)24-28-18-20-32(38-33(28)41-2)43-22-15-12-10-8-6-5-7-9-11-14-21-42-26-40;1-6-7(2)8(3,4)5/h17-20,23-26H,3-16,21-22H2,1-2H3;7H,6H2,1-5H3/b29-24+;. The molecule has 0 saturated heterocycles. The Morgan fingerprint density at radius 2 is 1.44 bits per heavy atom. The van der Waals surface area contributed by atoms with Gasteiger partial charge in [-0.1, -0.05) is 124 Å². The summed E-state index contributed by atoms with van der Waals surface area (Å²) in [5.41, 5.74) is 1.66. The molecule has 52 heavy (non-hydrogen) atoms. The zero-order chi connectivity index (χ0) is 38.8. The van der Waals surface area contributed by atoms with E-state index in [1.54, 1.807) is 18.2 Å². The molecule has 0 amide bonds. The number of allylic oxidation sites excluding steroid dienone is 1. The molecule has 10 heteroatoms. The number of halogens is 3. The van der Waals surface area contributed by atoms with Crippen LogP contribution in [-0.4, -0.2) is 44.4 Å². The first-order chi connectivity index (χ1) is 24.8. The Labute approximate surface area is 311 Å². The van der Waals surface area contributed by atoms with E-state index in [9.17, 15) is 22.8 Å². The van der Waals surface area contributed by atoms with Gasteiger partial charge in [0.05, 0.1) is 20.3 Å². The summed E-state index contributed by atoms with van der Waals surface area (Å²) in [6.45, 7) is 15.0. The second kappa shape index (κ2) is 26.2. The SMILES string of the molecule is CCC(C)C(C)(C)C.CCCCCc1ccc(/C(C=O)=C/c2ccc(OCCCCCCCCCCCCOC=O)nc2OC)c(OC(F)(F)F)c1.